The van der Waals surface area contributed by atoms with Crippen molar-refractivity contribution in [3.63, 3.8) is 0 Å². The summed E-state index contributed by atoms with van der Waals surface area (Å²) in [4.78, 5) is 26.9. The second kappa shape index (κ2) is 9.66. The average molecular weight is 618 g/mol. The Morgan fingerprint density at radius 1 is 1.45 bits per heavy atom. The molecule has 0 radical (unpaired) electrons. The average Bonchev–Trinajstić information content (AvgIpc) is 3.36. The third-order valence-electron chi connectivity index (χ3n) is 5.96. The second-order valence-corrected chi connectivity index (χ2v) is 11.5. The van der Waals surface area contributed by atoms with E-state index in [-0.39, 0.29) is 36.0 Å². The van der Waals surface area contributed by atoms with Crippen LogP contribution in [0.4, 0.5) is 10.3 Å². The van der Waals surface area contributed by atoms with E-state index in [4.69, 9.17) is 24.3 Å². The van der Waals surface area contributed by atoms with E-state index in [1.165, 1.54) is 13.1 Å². The number of hydrogen-bond donors (Lipinski definition) is 4. The number of nitrogens with zero attached hydrogens (tertiary/aromatic N) is 5. The number of aromatic nitrogens is 5. The van der Waals surface area contributed by atoms with Gasteiger partial charge in [-0.1, -0.05) is 0 Å². The number of carbonyl (C=O) groups is 1. The fraction of sp³-hybridized carbons (Fsp3) is 0.450. The molecule has 0 aromatic carbocycles. The van der Waals surface area contributed by atoms with E-state index in [0.717, 1.165) is 10.9 Å². The van der Waals surface area contributed by atoms with Crippen molar-refractivity contribution in [2.45, 2.75) is 50.0 Å². The fourth-order valence-corrected chi connectivity index (χ4v) is 6.07. The van der Waals surface area contributed by atoms with Crippen molar-refractivity contribution >= 4 is 46.8 Å². The molecule has 3 aromatic rings. The number of fused-ring (bicyclic) bond motifs is 2. The molecule has 0 saturated carbocycles. The van der Waals surface area contributed by atoms with Crippen LogP contribution in [-0.2, 0) is 36.5 Å². The number of anilines is 1. The summed E-state index contributed by atoms with van der Waals surface area (Å²) in [7, 11) is -4.00. The Labute approximate surface area is 222 Å². The van der Waals surface area contributed by atoms with E-state index >= 15 is 4.39 Å². The minimum absolute atomic E-state index is 0.0375. The molecule has 15 nitrogen and oxygen atoms in total. The zero-order valence-electron chi connectivity index (χ0n) is 19.9. The first-order valence-electron chi connectivity index (χ1n) is 11.1. The molecule has 5 heterocycles. The number of halogens is 2. The minimum Gasteiger partial charge on any atom is -0.492 e. The van der Waals surface area contributed by atoms with Gasteiger partial charge in [0, 0.05) is 30.8 Å². The highest BCUT2D eigenvalue weighted by molar-refractivity contribution is 9.10. The Hall–Kier alpha value is -2.95. The molecule has 0 amide bonds. The van der Waals surface area contributed by atoms with Gasteiger partial charge < -0.3 is 29.9 Å². The summed E-state index contributed by atoms with van der Waals surface area (Å²) in [5.41, 5.74) is 7.06. The van der Waals surface area contributed by atoms with Gasteiger partial charge in [-0.05, 0) is 22.9 Å². The van der Waals surface area contributed by atoms with Crippen molar-refractivity contribution in [2.24, 2.45) is 0 Å². The molecular formula is C20H22BrFN7O8P. The van der Waals surface area contributed by atoms with Gasteiger partial charge in [0.05, 0.1) is 18.6 Å². The first-order chi connectivity index (χ1) is 17.9. The molecule has 1 fully saturated rings. The van der Waals surface area contributed by atoms with Crippen LogP contribution in [0.5, 0.6) is 11.6 Å². The van der Waals surface area contributed by atoms with Gasteiger partial charge in [0.25, 0.3) is 0 Å². The topological polar surface area (TPSA) is 206 Å². The van der Waals surface area contributed by atoms with Crippen molar-refractivity contribution in [2.75, 3.05) is 12.3 Å². The van der Waals surface area contributed by atoms with Crippen molar-refractivity contribution in [3.05, 3.63) is 29.3 Å². The number of imidazole rings is 1. The molecule has 38 heavy (non-hydrogen) atoms. The molecule has 0 bridgehead atoms. The molecule has 2 aliphatic heterocycles. The SMILES string of the molecule is CC(=O)OCc1cnc(C)c2c1CNP(=O)(OC[C@H]1O[C@@H](n3cnc4c(O)nc(N)nc43)[C@@](F)(Br)C1O)O2. The monoisotopic (exact) mass is 617 g/mol. The number of pyridine rings is 1. The Kier molecular flexibility index (Phi) is 6.77. The molecule has 5 atom stereocenters. The Morgan fingerprint density at radius 3 is 2.95 bits per heavy atom. The van der Waals surface area contributed by atoms with E-state index in [0.29, 0.717) is 16.8 Å². The Balaban J connectivity index is 1.33. The van der Waals surface area contributed by atoms with Gasteiger partial charge in [-0.25, -0.2) is 19.0 Å². The molecule has 18 heteroatoms. The number of rotatable bonds is 6. The van der Waals surface area contributed by atoms with Crippen LogP contribution >= 0.6 is 23.7 Å². The van der Waals surface area contributed by atoms with Crippen LogP contribution < -0.4 is 15.3 Å². The molecular weight excluding hydrogens is 596 g/mol. The van der Waals surface area contributed by atoms with E-state index in [1.54, 1.807) is 6.92 Å². The van der Waals surface area contributed by atoms with Crippen molar-refractivity contribution in [3.8, 4) is 11.6 Å². The maximum absolute atomic E-state index is 15.6. The third-order valence-corrected chi connectivity index (χ3v) is 8.28. The largest absolute Gasteiger partial charge is 0.492 e. The molecule has 5 rings (SSSR count). The highest BCUT2D eigenvalue weighted by atomic mass is 79.9. The van der Waals surface area contributed by atoms with Gasteiger partial charge in [0.2, 0.25) is 16.4 Å². The molecule has 3 aromatic heterocycles. The van der Waals surface area contributed by atoms with Crippen LogP contribution in [0.2, 0.25) is 0 Å². The summed E-state index contributed by atoms with van der Waals surface area (Å²) in [6.07, 6.45) is -1.97. The summed E-state index contributed by atoms with van der Waals surface area (Å²) < 4.78 is 49.4. The van der Waals surface area contributed by atoms with Crippen LogP contribution in [0, 0.1) is 6.92 Å². The van der Waals surface area contributed by atoms with Gasteiger partial charge >= 0.3 is 13.7 Å². The summed E-state index contributed by atoms with van der Waals surface area (Å²) in [6.45, 7) is 2.37. The number of aromatic hydroxyl groups is 1. The fourth-order valence-electron chi connectivity index (χ4n) is 4.06. The van der Waals surface area contributed by atoms with Crippen LogP contribution in [0.25, 0.3) is 11.2 Å². The highest BCUT2D eigenvalue weighted by Crippen LogP contribution is 2.52. The molecule has 204 valence electrons. The molecule has 0 aliphatic carbocycles. The number of esters is 1. The molecule has 1 saturated heterocycles. The van der Waals surface area contributed by atoms with Crippen LogP contribution in [0.15, 0.2) is 12.5 Å². The van der Waals surface area contributed by atoms with E-state index in [1.807, 2.05) is 0 Å². The van der Waals surface area contributed by atoms with Crippen LogP contribution in [0.1, 0.15) is 30.0 Å². The lowest BCUT2D eigenvalue weighted by Crippen LogP contribution is -2.38. The zero-order valence-corrected chi connectivity index (χ0v) is 22.3. The van der Waals surface area contributed by atoms with Crippen LogP contribution in [0.3, 0.4) is 0 Å². The van der Waals surface area contributed by atoms with E-state index < -0.39 is 49.2 Å². The summed E-state index contributed by atoms with van der Waals surface area (Å²) in [5, 5.41) is 23.3. The highest BCUT2D eigenvalue weighted by Gasteiger charge is 2.58. The van der Waals surface area contributed by atoms with Crippen LogP contribution in [-0.4, -0.2) is 64.1 Å². The normalized spacial score (nSPS) is 28.7. The predicted molar refractivity (Wildman–Crippen MR) is 130 cm³/mol. The van der Waals surface area contributed by atoms with Gasteiger partial charge in [-0.15, -0.1) is 0 Å². The molecule has 0 spiro atoms. The molecule has 2 unspecified atom stereocenters. The lowest BCUT2D eigenvalue weighted by atomic mass is 10.1. The van der Waals surface area contributed by atoms with Gasteiger partial charge in [0.1, 0.15) is 18.8 Å². The first kappa shape index (κ1) is 26.6. The van der Waals surface area contributed by atoms with E-state index in [2.05, 4.69) is 41.0 Å². The summed E-state index contributed by atoms with van der Waals surface area (Å²) in [5.74, 6) is -1.07. The predicted octanol–water partition coefficient (Wildman–Crippen LogP) is 1.51. The number of nitrogens with two attached hydrogens (primary N) is 1. The first-order valence-corrected chi connectivity index (χ1v) is 13.4. The Morgan fingerprint density at radius 2 is 2.21 bits per heavy atom. The number of nitrogens with one attached hydrogen (secondary N) is 1. The zero-order chi connectivity index (χ0) is 27.4. The lowest BCUT2D eigenvalue weighted by Gasteiger charge is -2.29. The number of aliphatic hydroxyl groups is 1. The molecule has 5 N–H and O–H groups in total. The number of nitrogen functional groups attached to an aromatic ring is 1. The summed E-state index contributed by atoms with van der Waals surface area (Å²) >= 11 is 2.86. The van der Waals surface area contributed by atoms with Crippen molar-refractivity contribution in [1.29, 1.82) is 0 Å². The lowest BCUT2D eigenvalue weighted by molar-refractivity contribution is -0.142. The maximum Gasteiger partial charge on any atom is 0.459 e. The maximum atomic E-state index is 15.6. The smallest absolute Gasteiger partial charge is 0.459 e. The van der Waals surface area contributed by atoms with Crippen molar-refractivity contribution in [1.82, 2.24) is 29.6 Å². The number of alkyl halides is 2. The molecule has 2 aliphatic rings. The van der Waals surface area contributed by atoms with Gasteiger partial charge in [-0.2, -0.15) is 9.97 Å². The van der Waals surface area contributed by atoms with E-state index in [9.17, 15) is 19.6 Å². The second-order valence-electron chi connectivity index (χ2n) is 8.55. The number of hydrogen-bond acceptors (Lipinski definition) is 13. The Bertz CT molecular complexity index is 1470. The third kappa shape index (κ3) is 4.69. The number of carbonyl (C=O) groups excluding carboxylic acids is 1. The standard InChI is InChI=1S/C20H22BrFN7O8P/c1-8-14-11(10(3-24-8)5-34-9(2)30)4-26-38(33,37-14)35-6-12-15(31)20(21,22)18(36-12)29-7-25-13-16(29)27-19(23)28-17(13)32/h3,7,12,15,18,31H,4-6H2,1-2H3,(H,26,33)(H3,23,27,28,32)/t12-,15?,18-,20-,38?/m1/s1. The van der Waals surface area contributed by atoms with Gasteiger partial charge in [-0.3, -0.25) is 18.9 Å². The van der Waals surface area contributed by atoms with Gasteiger partial charge in [0.15, 0.2) is 23.1 Å². The number of aryl methyl sites for hydroxylation is 1. The van der Waals surface area contributed by atoms with Crippen molar-refractivity contribution < 1.29 is 42.5 Å². The quantitative estimate of drug-likeness (QED) is 0.176. The number of aliphatic hydroxyl groups excluding tert-OH is 1. The minimum atomic E-state index is -4.00. The summed E-state index contributed by atoms with van der Waals surface area (Å²) in [6, 6.07) is 0. The number of ether oxygens (including phenoxy) is 2.